The third-order valence-electron chi connectivity index (χ3n) is 2.03. The van der Waals surface area contributed by atoms with Crippen LogP contribution in [0.25, 0.3) is 0 Å². The molecule has 17 heavy (non-hydrogen) atoms. The molecule has 0 fully saturated rings. The zero-order chi connectivity index (χ0) is 13.0. The molecule has 0 aliphatic heterocycles. The van der Waals surface area contributed by atoms with Gasteiger partial charge in [-0.3, -0.25) is 4.79 Å². The second-order valence-electron chi connectivity index (χ2n) is 3.22. The molecule has 1 atom stereocenters. The Morgan fingerprint density at radius 3 is 2.59 bits per heavy atom. The maximum atomic E-state index is 12.2. The number of carbonyl (C=O) groups is 1. The zero-order valence-electron chi connectivity index (χ0n) is 9.25. The van der Waals surface area contributed by atoms with Gasteiger partial charge in [-0.15, -0.1) is 11.8 Å². The summed E-state index contributed by atoms with van der Waals surface area (Å²) < 4.78 is 28.9. The third kappa shape index (κ3) is 3.96. The highest BCUT2D eigenvalue weighted by Gasteiger charge is 2.19. The van der Waals surface area contributed by atoms with E-state index >= 15 is 0 Å². The molecule has 1 unspecified atom stereocenters. The molecule has 0 radical (unpaired) electrons. The van der Waals surface area contributed by atoms with Crippen LogP contribution in [0.1, 0.15) is 17.3 Å². The van der Waals surface area contributed by atoms with Gasteiger partial charge in [0.25, 0.3) is 0 Å². The van der Waals surface area contributed by atoms with E-state index in [4.69, 9.17) is 0 Å². The Morgan fingerprint density at radius 1 is 1.47 bits per heavy atom. The first kappa shape index (κ1) is 14.4. The SMILES string of the molecule is CSc1ccc(C(=O)C(C)Br)c(OC(F)F)c1. The summed E-state index contributed by atoms with van der Waals surface area (Å²) in [6.07, 6.45) is 1.82. The average molecular weight is 325 g/mol. The molecule has 0 amide bonds. The molecule has 0 aliphatic rings. The van der Waals surface area contributed by atoms with E-state index in [1.165, 1.54) is 23.9 Å². The van der Waals surface area contributed by atoms with Crippen LogP contribution in [0.2, 0.25) is 0 Å². The van der Waals surface area contributed by atoms with Crippen molar-refractivity contribution in [3.63, 3.8) is 0 Å². The minimum atomic E-state index is -2.94. The Balaban J connectivity index is 3.14. The van der Waals surface area contributed by atoms with Gasteiger partial charge in [-0.25, -0.2) is 0 Å². The van der Waals surface area contributed by atoms with Crippen molar-refractivity contribution < 1.29 is 18.3 Å². The van der Waals surface area contributed by atoms with E-state index in [-0.39, 0.29) is 17.1 Å². The van der Waals surface area contributed by atoms with Gasteiger partial charge in [0, 0.05) is 4.90 Å². The lowest BCUT2D eigenvalue weighted by molar-refractivity contribution is -0.0502. The van der Waals surface area contributed by atoms with Crippen molar-refractivity contribution in [1.82, 2.24) is 0 Å². The number of ketones is 1. The molecule has 1 rings (SSSR count). The first-order valence-corrected chi connectivity index (χ1v) is 6.91. The van der Waals surface area contributed by atoms with Crippen LogP contribution in [0.15, 0.2) is 23.1 Å². The number of ether oxygens (including phenoxy) is 1. The van der Waals surface area contributed by atoms with Crippen LogP contribution in [0.4, 0.5) is 8.78 Å². The van der Waals surface area contributed by atoms with Gasteiger partial charge in [0.2, 0.25) is 0 Å². The fourth-order valence-corrected chi connectivity index (χ4v) is 1.92. The largest absolute Gasteiger partial charge is 0.434 e. The van der Waals surface area contributed by atoms with E-state index in [0.717, 1.165) is 4.90 Å². The Kier molecular flexibility index (Phi) is 5.39. The summed E-state index contributed by atoms with van der Waals surface area (Å²) in [5, 5.41) is 0. The molecular formula is C11H11BrF2O2S. The second-order valence-corrected chi connectivity index (χ2v) is 5.47. The molecule has 0 bridgehead atoms. The number of alkyl halides is 3. The summed E-state index contributed by atoms with van der Waals surface area (Å²) in [5.41, 5.74) is 0.160. The topological polar surface area (TPSA) is 26.3 Å². The summed E-state index contributed by atoms with van der Waals surface area (Å²) >= 11 is 4.51. The molecule has 0 heterocycles. The van der Waals surface area contributed by atoms with E-state index in [9.17, 15) is 13.6 Å². The van der Waals surface area contributed by atoms with Gasteiger partial charge in [-0.2, -0.15) is 8.78 Å². The second kappa shape index (κ2) is 6.35. The van der Waals surface area contributed by atoms with Crippen molar-refractivity contribution in [2.75, 3.05) is 6.26 Å². The summed E-state index contributed by atoms with van der Waals surface area (Å²) in [6.45, 7) is -1.30. The van der Waals surface area contributed by atoms with Crippen LogP contribution in [0, 0.1) is 0 Å². The lowest BCUT2D eigenvalue weighted by Crippen LogP contribution is -2.13. The molecule has 1 aromatic carbocycles. The lowest BCUT2D eigenvalue weighted by atomic mass is 10.1. The number of Topliss-reactive ketones (excluding diaryl/α,β-unsaturated/α-hetero) is 1. The van der Waals surface area contributed by atoms with E-state index in [1.54, 1.807) is 13.0 Å². The molecule has 0 aliphatic carbocycles. The summed E-state index contributed by atoms with van der Waals surface area (Å²) in [4.78, 5) is 12.1. The molecule has 6 heteroatoms. The summed E-state index contributed by atoms with van der Waals surface area (Å²) in [7, 11) is 0. The minimum absolute atomic E-state index is 0.0804. The van der Waals surface area contributed by atoms with Crippen molar-refractivity contribution in [1.29, 1.82) is 0 Å². The normalized spacial score (nSPS) is 12.6. The molecule has 0 N–H and O–H groups in total. The highest BCUT2D eigenvalue weighted by Crippen LogP contribution is 2.28. The van der Waals surface area contributed by atoms with E-state index in [0.29, 0.717) is 0 Å². The Bertz CT molecular complexity index is 410. The quantitative estimate of drug-likeness (QED) is 0.465. The molecule has 0 spiro atoms. The monoisotopic (exact) mass is 324 g/mol. The number of carbonyl (C=O) groups excluding carboxylic acids is 1. The van der Waals surface area contributed by atoms with E-state index < -0.39 is 11.4 Å². The van der Waals surface area contributed by atoms with Crippen molar-refractivity contribution in [2.45, 2.75) is 23.3 Å². The van der Waals surface area contributed by atoms with Gasteiger partial charge in [-0.05, 0) is 31.4 Å². The van der Waals surface area contributed by atoms with Crippen LogP contribution in [-0.4, -0.2) is 23.5 Å². The summed E-state index contributed by atoms with van der Waals surface area (Å²) in [5.74, 6) is -0.364. The maximum Gasteiger partial charge on any atom is 0.387 e. The Hall–Kier alpha value is -0.620. The number of hydrogen-bond donors (Lipinski definition) is 0. The van der Waals surface area contributed by atoms with Gasteiger partial charge < -0.3 is 4.74 Å². The third-order valence-corrected chi connectivity index (χ3v) is 3.17. The first-order valence-electron chi connectivity index (χ1n) is 4.77. The van der Waals surface area contributed by atoms with Gasteiger partial charge in [-0.1, -0.05) is 15.9 Å². The Morgan fingerprint density at radius 2 is 2.12 bits per heavy atom. The van der Waals surface area contributed by atoms with Crippen LogP contribution in [0.3, 0.4) is 0 Å². The lowest BCUT2D eigenvalue weighted by Gasteiger charge is -2.12. The van der Waals surface area contributed by atoms with Gasteiger partial charge in [0.15, 0.2) is 5.78 Å². The molecule has 0 saturated heterocycles. The average Bonchev–Trinajstić information content (AvgIpc) is 2.27. The number of hydrogen-bond acceptors (Lipinski definition) is 3. The van der Waals surface area contributed by atoms with Gasteiger partial charge in [0.05, 0.1) is 10.4 Å². The first-order chi connectivity index (χ1) is 7.95. The smallest absolute Gasteiger partial charge is 0.387 e. The fraction of sp³-hybridized carbons (Fsp3) is 0.364. The van der Waals surface area contributed by atoms with Gasteiger partial charge in [0.1, 0.15) is 5.75 Å². The molecule has 0 aromatic heterocycles. The summed E-state index contributed by atoms with van der Waals surface area (Å²) in [6, 6.07) is 4.65. The molecular weight excluding hydrogens is 314 g/mol. The fourth-order valence-electron chi connectivity index (χ4n) is 1.24. The number of thioether (sulfide) groups is 1. The van der Waals surface area contributed by atoms with Crippen LogP contribution in [0.5, 0.6) is 5.75 Å². The van der Waals surface area contributed by atoms with Crippen molar-refractivity contribution in [3.05, 3.63) is 23.8 Å². The predicted octanol–water partition coefficient (Wildman–Crippen LogP) is 3.98. The molecule has 0 saturated carbocycles. The van der Waals surface area contributed by atoms with Crippen molar-refractivity contribution in [3.8, 4) is 5.75 Å². The molecule has 2 nitrogen and oxygen atoms in total. The van der Waals surface area contributed by atoms with E-state index in [1.807, 2.05) is 6.26 Å². The van der Waals surface area contributed by atoms with Crippen LogP contribution >= 0.6 is 27.7 Å². The van der Waals surface area contributed by atoms with Crippen LogP contribution in [-0.2, 0) is 0 Å². The minimum Gasteiger partial charge on any atom is -0.434 e. The zero-order valence-corrected chi connectivity index (χ0v) is 11.6. The molecule has 1 aromatic rings. The highest BCUT2D eigenvalue weighted by atomic mass is 79.9. The molecule has 94 valence electrons. The number of rotatable bonds is 5. The van der Waals surface area contributed by atoms with Crippen LogP contribution < -0.4 is 4.74 Å². The standard InChI is InChI=1S/C11H11BrF2O2S/c1-6(12)10(15)8-4-3-7(17-2)5-9(8)16-11(13)14/h3-6,11H,1-2H3. The highest BCUT2D eigenvalue weighted by molar-refractivity contribution is 9.10. The Labute approximate surface area is 111 Å². The number of halogens is 3. The maximum absolute atomic E-state index is 12.2. The van der Waals surface area contributed by atoms with Crippen molar-refractivity contribution >= 4 is 33.5 Å². The van der Waals surface area contributed by atoms with Gasteiger partial charge >= 0.3 is 6.61 Å². The predicted molar refractivity (Wildman–Crippen MR) is 67.6 cm³/mol. The van der Waals surface area contributed by atoms with E-state index in [2.05, 4.69) is 20.7 Å². The van der Waals surface area contributed by atoms with Crippen molar-refractivity contribution in [2.24, 2.45) is 0 Å². The number of benzene rings is 1.